The number of hydrogen-bond acceptors (Lipinski definition) is 7. The van der Waals surface area contributed by atoms with E-state index in [4.69, 9.17) is 9.59 Å². The molecule has 7 heteroatoms. The van der Waals surface area contributed by atoms with Crippen LogP contribution in [0, 0.1) is 0 Å². The van der Waals surface area contributed by atoms with E-state index in [1.165, 1.54) is 6.07 Å². The maximum absolute atomic E-state index is 10.3. The number of rotatable bonds is 2. The number of phenolic OH excluding ortho intramolecular Hbond substituents is 2. The highest BCUT2D eigenvalue weighted by Crippen LogP contribution is 2.40. The Labute approximate surface area is 160 Å². The molecule has 4 aromatic rings. The smallest absolute Gasteiger partial charge is 0.170 e. The molecule has 140 valence electrons. The molecule has 0 bridgehead atoms. The lowest BCUT2D eigenvalue weighted by molar-refractivity contribution is -0.0987. The largest absolute Gasteiger partial charge is 0.507 e. The van der Waals surface area contributed by atoms with E-state index in [9.17, 15) is 10.2 Å². The molecule has 0 amide bonds. The van der Waals surface area contributed by atoms with Gasteiger partial charge in [-0.25, -0.2) is 0 Å². The highest BCUT2D eigenvalue weighted by atomic mass is 16.3. The van der Waals surface area contributed by atoms with E-state index < -0.39 is 0 Å². The van der Waals surface area contributed by atoms with E-state index >= 15 is 0 Å². The summed E-state index contributed by atoms with van der Waals surface area (Å²) in [5.74, 6) is -0.102. The van der Waals surface area contributed by atoms with Gasteiger partial charge in [0.25, 0.3) is 0 Å². The van der Waals surface area contributed by atoms with E-state index in [-0.39, 0.29) is 17.2 Å². The molecule has 1 heterocycles. The van der Waals surface area contributed by atoms with Crippen molar-refractivity contribution in [2.75, 3.05) is 0 Å². The fourth-order valence-electron chi connectivity index (χ4n) is 2.68. The summed E-state index contributed by atoms with van der Waals surface area (Å²) in [4.78, 5) is 20.1. The number of benzene rings is 3. The van der Waals surface area contributed by atoms with Gasteiger partial charge < -0.3 is 19.8 Å². The Morgan fingerprint density at radius 3 is 2.18 bits per heavy atom. The molecule has 1 aromatic heterocycles. The lowest BCUT2D eigenvalue weighted by Crippen LogP contribution is -1.80. The van der Waals surface area contributed by atoms with E-state index in [2.05, 4.69) is 15.2 Å². The van der Waals surface area contributed by atoms with Crippen molar-refractivity contribution in [1.29, 1.82) is 0 Å². The third-order valence-electron chi connectivity index (χ3n) is 3.86. The molecule has 0 aliphatic heterocycles. The molecule has 4 rings (SSSR count). The predicted molar refractivity (Wildman–Crippen MR) is 107 cm³/mol. The summed E-state index contributed by atoms with van der Waals surface area (Å²) < 4.78 is 0. The standard InChI is InChI=1S/C19H13N3O2.2CH2O/c23-17-11-16(19(24)18-14(17)8-4-10-20-18)22-21-15-9-3-6-12-5-1-2-7-13(12)15;2*1-2/h1-11,23-24H;2*1H2. The summed E-state index contributed by atoms with van der Waals surface area (Å²) in [6, 6.07) is 18.4. The third-order valence-corrected chi connectivity index (χ3v) is 3.86. The number of fused-ring (bicyclic) bond motifs is 2. The second kappa shape index (κ2) is 9.54. The second-order valence-electron chi connectivity index (χ2n) is 5.36. The first-order chi connectivity index (χ1) is 13.7. The number of pyridine rings is 1. The van der Waals surface area contributed by atoms with Crippen LogP contribution in [0.1, 0.15) is 0 Å². The first-order valence-electron chi connectivity index (χ1n) is 8.01. The quantitative estimate of drug-likeness (QED) is 0.384. The van der Waals surface area contributed by atoms with Crippen LogP contribution in [-0.4, -0.2) is 28.8 Å². The van der Waals surface area contributed by atoms with Gasteiger partial charge in [0.15, 0.2) is 5.75 Å². The van der Waals surface area contributed by atoms with Crippen LogP contribution in [0.25, 0.3) is 21.7 Å². The van der Waals surface area contributed by atoms with Crippen molar-refractivity contribution < 1.29 is 19.8 Å². The van der Waals surface area contributed by atoms with Crippen molar-refractivity contribution in [3.63, 3.8) is 0 Å². The average molecular weight is 375 g/mol. The van der Waals surface area contributed by atoms with Gasteiger partial charge in [0.2, 0.25) is 0 Å². The summed E-state index contributed by atoms with van der Waals surface area (Å²) in [7, 11) is 0. The molecule has 7 nitrogen and oxygen atoms in total. The molecule has 0 unspecified atom stereocenters. The van der Waals surface area contributed by atoms with E-state index in [1.807, 2.05) is 56.0 Å². The fourth-order valence-corrected chi connectivity index (χ4v) is 2.68. The minimum Gasteiger partial charge on any atom is -0.507 e. The number of aromatic nitrogens is 1. The zero-order valence-electron chi connectivity index (χ0n) is 14.8. The zero-order valence-corrected chi connectivity index (χ0v) is 14.8. The predicted octanol–water partition coefficient (Wildman–Crippen LogP) is 4.84. The number of hydrogen-bond donors (Lipinski definition) is 2. The minimum absolute atomic E-state index is 0.00256. The van der Waals surface area contributed by atoms with E-state index in [0.717, 1.165) is 10.8 Å². The molecular weight excluding hydrogens is 358 g/mol. The Morgan fingerprint density at radius 2 is 1.39 bits per heavy atom. The summed E-state index contributed by atoms with van der Waals surface area (Å²) in [5, 5.41) is 31.3. The number of nitrogens with zero attached hydrogens (tertiary/aromatic N) is 3. The van der Waals surface area contributed by atoms with Crippen LogP contribution in [0.5, 0.6) is 11.5 Å². The summed E-state index contributed by atoms with van der Waals surface area (Å²) in [5.41, 5.74) is 1.16. The Kier molecular flexibility index (Phi) is 6.87. The topological polar surface area (TPSA) is 112 Å². The van der Waals surface area contributed by atoms with E-state index in [1.54, 1.807) is 18.3 Å². The number of phenols is 2. The summed E-state index contributed by atoms with van der Waals surface area (Å²) in [6.45, 7) is 4.00. The molecule has 28 heavy (non-hydrogen) atoms. The van der Waals surface area contributed by atoms with Crippen molar-refractivity contribution in [1.82, 2.24) is 4.98 Å². The van der Waals surface area contributed by atoms with Crippen molar-refractivity contribution in [2.45, 2.75) is 0 Å². The summed E-state index contributed by atoms with van der Waals surface area (Å²) >= 11 is 0. The first kappa shape index (κ1) is 20.2. The third kappa shape index (κ3) is 3.99. The highest BCUT2D eigenvalue weighted by molar-refractivity contribution is 5.94. The van der Waals surface area contributed by atoms with Crippen LogP contribution in [0.3, 0.4) is 0 Å². The normalized spacial score (nSPS) is 10.1. The van der Waals surface area contributed by atoms with Gasteiger partial charge in [0.1, 0.15) is 30.5 Å². The monoisotopic (exact) mass is 375 g/mol. The number of carbonyl (C=O) groups is 2. The van der Waals surface area contributed by atoms with Gasteiger partial charge in [0, 0.05) is 23.0 Å². The molecule has 0 aliphatic rings. The molecule has 0 saturated heterocycles. The Morgan fingerprint density at radius 1 is 0.750 bits per heavy atom. The molecular formula is C21H17N3O4. The van der Waals surface area contributed by atoms with Crippen molar-refractivity contribution in [2.24, 2.45) is 10.2 Å². The molecule has 0 spiro atoms. The highest BCUT2D eigenvalue weighted by Gasteiger charge is 2.11. The van der Waals surface area contributed by atoms with Crippen molar-refractivity contribution >= 4 is 46.6 Å². The molecule has 0 radical (unpaired) electrons. The molecule has 0 saturated carbocycles. The average Bonchev–Trinajstić information content (AvgIpc) is 2.78. The Balaban J connectivity index is 0.000000660. The molecule has 0 fully saturated rings. The maximum atomic E-state index is 10.3. The lowest BCUT2D eigenvalue weighted by atomic mass is 10.1. The summed E-state index contributed by atoms with van der Waals surface area (Å²) in [6.07, 6.45) is 1.55. The second-order valence-corrected chi connectivity index (χ2v) is 5.36. The van der Waals surface area contributed by atoms with Gasteiger partial charge in [-0.3, -0.25) is 4.98 Å². The first-order valence-corrected chi connectivity index (χ1v) is 8.01. The van der Waals surface area contributed by atoms with Gasteiger partial charge >= 0.3 is 0 Å². The lowest BCUT2D eigenvalue weighted by Gasteiger charge is -2.05. The van der Waals surface area contributed by atoms with Crippen LogP contribution in [0.2, 0.25) is 0 Å². The fraction of sp³-hybridized carbons (Fsp3) is 0. The molecule has 0 atom stereocenters. The number of carbonyl (C=O) groups excluding carboxylic acids is 2. The van der Waals surface area contributed by atoms with Crippen LogP contribution >= 0.6 is 0 Å². The van der Waals surface area contributed by atoms with Crippen molar-refractivity contribution in [3.8, 4) is 11.5 Å². The Bertz CT molecular complexity index is 1120. The van der Waals surface area contributed by atoms with E-state index in [0.29, 0.717) is 16.6 Å². The van der Waals surface area contributed by atoms with Gasteiger partial charge in [-0.05, 0) is 23.6 Å². The van der Waals surface area contributed by atoms with Crippen LogP contribution < -0.4 is 0 Å². The van der Waals surface area contributed by atoms with Crippen LogP contribution in [0.4, 0.5) is 11.4 Å². The number of aromatic hydroxyl groups is 2. The number of azo groups is 1. The van der Waals surface area contributed by atoms with Crippen LogP contribution in [0.15, 0.2) is 77.1 Å². The Hall–Kier alpha value is -4.13. The van der Waals surface area contributed by atoms with Crippen LogP contribution in [-0.2, 0) is 9.59 Å². The van der Waals surface area contributed by atoms with Gasteiger partial charge in [-0.15, -0.1) is 10.2 Å². The SMILES string of the molecule is C=O.C=O.Oc1cc(N=Nc2cccc3ccccc23)c(O)c2ncccc12. The van der Waals surface area contributed by atoms with Gasteiger partial charge in [-0.2, -0.15) is 0 Å². The zero-order chi connectivity index (χ0) is 20.5. The van der Waals surface area contributed by atoms with Gasteiger partial charge in [-0.1, -0.05) is 36.4 Å². The molecule has 0 aliphatic carbocycles. The molecule has 3 aromatic carbocycles. The maximum Gasteiger partial charge on any atom is 0.170 e. The molecule has 2 N–H and O–H groups in total. The van der Waals surface area contributed by atoms with Gasteiger partial charge in [0.05, 0.1) is 5.69 Å². The van der Waals surface area contributed by atoms with Crippen molar-refractivity contribution in [3.05, 3.63) is 66.9 Å². The minimum atomic E-state index is -0.104.